The Morgan fingerprint density at radius 2 is 2.04 bits per heavy atom. The summed E-state index contributed by atoms with van der Waals surface area (Å²) in [5.74, 6) is 0.674. The molecule has 134 valence electrons. The van der Waals surface area contributed by atoms with Gasteiger partial charge in [0.1, 0.15) is 17.9 Å². The Kier molecular flexibility index (Phi) is 6.66. The van der Waals surface area contributed by atoms with Crippen LogP contribution in [-0.2, 0) is 16.1 Å². The van der Waals surface area contributed by atoms with E-state index >= 15 is 0 Å². The van der Waals surface area contributed by atoms with Crippen LogP contribution in [-0.4, -0.2) is 38.8 Å². The van der Waals surface area contributed by atoms with E-state index in [1.54, 1.807) is 24.8 Å². The van der Waals surface area contributed by atoms with Gasteiger partial charge < -0.3 is 19.4 Å². The number of furan rings is 1. The van der Waals surface area contributed by atoms with Crippen LogP contribution in [0.25, 0.3) is 0 Å². The topological polar surface area (TPSA) is 73.0 Å². The Balaban J connectivity index is 1.94. The van der Waals surface area contributed by atoms with Gasteiger partial charge in [-0.2, -0.15) is 0 Å². The fraction of sp³-hybridized carbons (Fsp3) is 0.333. The lowest BCUT2D eigenvalue weighted by molar-refractivity contribution is -0.886. The van der Waals surface area contributed by atoms with Crippen molar-refractivity contribution in [2.45, 2.75) is 18.4 Å². The number of likely N-dealkylation sites (N-methyl/N-ethyl adjacent to an activating group) is 1. The number of para-hydroxylation sites is 1. The van der Waals surface area contributed by atoms with Crippen molar-refractivity contribution < 1.29 is 23.6 Å². The maximum atomic E-state index is 12.3. The van der Waals surface area contributed by atoms with Gasteiger partial charge in [0.05, 0.1) is 19.8 Å². The van der Waals surface area contributed by atoms with Gasteiger partial charge >= 0.3 is 5.97 Å². The molecule has 0 radical (unpaired) electrons. The molecule has 6 nitrogen and oxygen atoms in total. The maximum Gasteiger partial charge on any atom is 0.341 e. The first-order chi connectivity index (χ1) is 11.9. The van der Waals surface area contributed by atoms with Gasteiger partial charge in [-0.05, 0) is 25.3 Å². The Bertz CT molecular complexity index is 757. The number of esters is 1. The van der Waals surface area contributed by atoms with Gasteiger partial charge in [-0.3, -0.25) is 4.79 Å². The quantitative estimate of drug-likeness (QED) is 0.579. The Morgan fingerprint density at radius 3 is 2.72 bits per heavy atom. The molecule has 0 aliphatic heterocycles. The minimum atomic E-state index is -0.420. The molecule has 0 fully saturated rings. The molecule has 1 aromatic carbocycles. The van der Waals surface area contributed by atoms with Gasteiger partial charge in [0.2, 0.25) is 0 Å². The van der Waals surface area contributed by atoms with Crippen molar-refractivity contribution in [1.82, 2.24) is 0 Å². The zero-order valence-electron chi connectivity index (χ0n) is 14.8. The maximum absolute atomic E-state index is 12.3. The van der Waals surface area contributed by atoms with Gasteiger partial charge in [0.25, 0.3) is 5.91 Å². The van der Waals surface area contributed by atoms with Gasteiger partial charge in [0, 0.05) is 11.0 Å². The number of amides is 1. The average Bonchev–Trinajstić information content (AvgIpc) is 2.94. The summed E-state index contributed by atoms with van der Waals surface area (Å²) < 4.78 is 10.3. The molecule has 0 aliphatic rings. The van der Waals surface area contributed by atoms with Crippen LogP contribution in [0.5, 0.6) is 0 Å². The number of hydrogen-bond donors (Lipinski definition) is 2. The molecule has 1 amide bonds. The molecule has 0 bridgehead atoms. The summed E-state index contributed by atoms with van der Waals surface area (Å²) >= 11 is 1.59. The summed E-state index contributed by atoms with van der Waals surface area (Å²) in [6, 6.07) is 9.36. The number of methoxy groups -OCH3 is 1. The van der Waals surface area contributed by atoms with Crippen LogP contribution in [0, 0.1) is 6.92 Å². The monoisotopic (exact) mass is 363 g/mol. The average molecular weight is 363 g/mol. The molecule has 7 heteroatoms. The lowest BCUT2D eigenvalue weighted by Gasteiger charge is -2.13. The van der Waals surface area contributed by atoms with E-state index in [1.807, 2.05) is 37.6 Å². The molecular weight excluding hydrogens is 340 g/mol. The van der Waals surface area contributed by atoms with Crippen molar-refractivity contribution in [2.75, 3.05) is 32.3 Å². The lowest BCUT2D eigenvalue weighted by Crippen LogP contribution is -3.08. The van der Waals surface area contributed by atoms with Crippen LogP contribution in [0.1, 0.15) is 21.9 Å². The first kappa shape index (κ1) is 19.1. The molecule has 1 unspecified atom stereocenters. The third-order valence-electron chi connectivity index (χ3n) is 3.69. The molecule has 2 N–H and O–H groups in total. The molecule has 0 spiro atoms. The largest absolute Gasteiger partial charge is 0.465 e. The van der Waals surface area contributed by atoms with Crippen LogP contribution >= 0.6 is 11.8 Å². The summed E-state index contributed by atoms with van der Waals surface area (Å²) in [4.78, 5) is 25.9. The second-order valence-electron chi connectivity index (χ2n) is 5.73. The number of benzene rings is 1. The number of quaternary nitrogens is 1. The smallest absolute Gasteiger partial charge is 0.341 e. The standard InChI is InChI=1S/C18H22N2O4S/c1-12-14(18(22)23-3)9-13(24-12)10-20(2)11-17(21)19-15-7-5-6-8-16(15)25-4/h5-9H,10-11H2,1-4H3,(H,19,21)/p+1. The number of carbonyl (C=O) groups is 2. The second-order valence-corrected chi connectivity index (χ2v) is 6.58. The van der Waals surface area contributed by atoms with E-state index in [-0.39, 0.29) is 12.5 Å². The summed E-state index contributed by atoms with van der Waals surface area (Å²) in [7, 11) is 3.23. The zero-order chi connectivity index (χ0) is 18.4. The molecule has 0 saturated heterocycles. The molecule has 25 heavy (non-hydrogen) atoms. The number of rotatable bonds is 7. The first-order valence-electron chi connectivity index (χ1n) is 7.86. The summed E-state index contributed by atoms with van der Waals surface area (Å²) in [5, 5.41) is 2.94. The molecule has 0 aliphatic carbocycles. The van der Waals surface area contributed by atoms with Crippen molar-refractivity contribution in [3.05, 3.63) is 47.4 Å². The molecule has 1 atom stereocenters. The lowest BCUT2D eigenvalue weighted by atomic mass is 10.2. The number of ether oxygens (including phenoxy) is 1. The molecule has 2 aromatic rings. The van der Waals surface area contributed by atoms with E-state index in [1.165, 1.54) is 7.11 Å². The van der Waals surface area contributed by atoms with Crippen molar-refractivity contribution in [3.63, 3.8) is 0 Å². The number of nitrogens with one attached hydrogen (secondary N) is 2. The summed E-state index contributed by atoms with van der Waals surface area (Å²) in [5.41, 5.74) is 1.23. The van der Waals surface area contributed by atoms with Crippen molar-refractivity contribution in [3.8, 4) is 0 Å². The van der Waals surface area contributed by atoms with E-state index in [0.29, 0.717) is 23.6 Å². The Morgan fingerprint density at radius 1 is 1.32 bits per heavy atom. The van der Waals surface area contributed by atoms with Gasteiger partial charge in [-0.15, -0.1) is 11.8 Å². The minimum absolute atomic E-state index is 0.0736. The highest BCUT2D eigenvalue weighted by Gasteiger charge is 2.19. The van der Waals surface area contributed by atoms with E-state index in [9.17, 15) is 9.59 Å². The number of carbonyl (C=O) groups excluding carboxylic acids is 2. The van der Waals surface area contributed by atoms with Crippen molar-refractivity contribution in [1.29, 1.82) is 0 Å². The Labute approximate surface area is 151 Å². The van der Waals surface area contributed by atoms with Crippen LogP contribution < -0.4 is 10.2 Å². The third kappa shape index (κ3) is 5.11. The number of aryl methyl sites for hydroxylation is 1. The fourth-order valence-corrected chi connectivity index (χ4v) is 3.07. The van der Waals surface area contributed by atoms with E-state index in [4.69, 9.17) is 9.15 Å². The molecule has 1 heterocycles. The van der Waals surface area contributed by atoms with Crippen LogP contribution in [0.2, 0.25) is 0 Å². The highest BCUT2D eigenvalue weighted by molar-refractivity contribution is 7.98. The normalized spacial score (nSPS) is 11.8. The Hall–Kier alpha value is -2.25. The van der Waals surface area contributed by atoms with E-state index < -0.39 is 5.97 Å². The van der Waals surface area contributed by atoms with Crippen LogP contribution in [0.4, 0.5) is 5.69 Å². The highest BCUT2D eigenvalue weighted by Crippen LogP contribution is 2.24. The van der Waals surface area contributed by atoms with Gasteiger partial charge in [0.15, 0.2) is 12.3 Å². The summed E-state index contributed by atoms with van der Waals surface area (Å²) in [6.45, 7) is 2.50. The predicted octanol–water partition coefficient (Wildman–Crippen LogP) is 1.75. The van der Waals surface area contributed by atoms with Gasteiger partial charge in [-0.1, -0.05) is 12.1 Å². The zero-order valence-corrected chi connectivity index (χ0v) is 15.7. The van der Waals surface area contributed by atoms with Crippen molar-refractivity contribution in [2.24, 2.45) is 0 Å². The molecular formula is C18H23N2O4S+. The molecule has 2 rings (SSSR count). The predicted molar refractivity (Wildman–Crippen MR) is 97.1 cm³/mol. The van der Waals surface area contributed by atoms with Crippen molar-refractivity contribution >= 4 is 29.3 Å². The first-order valence-corrected chi connectivity index (χ1v) is 9.08. The van der Waals surface area contributed by atoms with Crippen LogP contribution in [0.3, 0.4) is 0 Å². The number of thioether (sulfide) groups is 1. The summed E-state index contributed by atoms with van der Waals surface area (Å²) in [6.07, 6.45) is 1.97. The molecule has 0 saturated carbocycles. The van der Waals surface area contributed by atoms with E-state index in [0.717, 1.165) is 15.5 Å². The number of anilines is 1. The van der Waals surface area contributed by atoms with Crippen LogP contribution in [0.15, 0.2) is 39.6 Å². The fourth-order valence-electron chi connectivity index (χ4n) is 2.52. The van der Waals surface area contributed by atoms with E-state index in [2.05, 4.69) is 5.32 Å². The molecule has 1 aromatic heterocycles. The minimum Gasteiger partial charge on any atom is -0.465 e. The van der Waals surface area contributed by atoms with Gasteiger partial charge in [-0.25, -0.2) is 4.79 Å². The highest BCUT2D eigenvalue weighted by atomic mass is 32.2. The second kappa shape index (κ2) is 8.73. The SMILES string of the molecule is COC(=O)c1cc(C[NH+](C)CC(=O)Nc2ccccc2SC)oc1C. The number of hydrogen-bond acceptors (Lipinski definition) is 5. The third-order valence-corrected chi connectivity index (χ3v) is 4.49.